The molecular formula is C24H27N3O3S2. The number of thiazole rings is 1. The van der Waals surface area contributed by atoms with Crippen LogP contribution in [0.25, 0.3) is 0 Å². The van der Waals surface area contributed by atoms with Crippen LogP contribution in [0.4, 0.5) is 0 Å². The van der Waals surface area contributed by atoms with Gasteiger partial charge in [-0.2, -0.15) is 0 Å². The Balaban J connectivity index is 1.24. The van der Waals surface area contributed by atoms with Crippen LogP contribution in [0, 0.1) is 13.8 Å². The fourth-order valence-electron chi connectivity index (χ4n) is 3.67. The van der Waals surface area contributed by atoms with Crippen LogP contribution >= 0.6 is 22.7 Å². The number of piperidine rings is 1. The standard InChI is InChI=1S/C24H27N3O3S2/c1-16-5-6-19(12-17(16)2)30-14-22(28)27-9-7-18(8-10-27)24-26-21(15-32-24)23(29)25-13-20-4-3-11-31-20/h3-6,11-12,15,18H,7-10,13-14H2,1-2H3,(H,25,29). The molecule has 32 heavy (non-hydrogen) atoms. The monoisotopic (exact) mass is 469 g/mol. The maximum Gasteiger partial charge on any atom is 0.271 e. The lowest BCUT2D eigenvalue weighted by molar-refractivity contribution is -0.134. The molecule has 3 heterocycles. The lowest BCUT2D eigenvalue weighted by atomic mass is 9.97. The van der Waals surface area contributed by atoms with Crippen molar-refractivity contribution in [2.45, 2.75) is 39.2 Å². The first kappa shape index (κ1) is 22.5. The molecule has 1 aromatic carbocycles. The van der Waals surface area contributed by atoms with Crippen LogP contribution in [-0.2, 0) is 11.3 Å². The number of carbonyl (C=O) groups is 2. The van der Waals surface area contributed by atoms with Crippen LogP contribution < -0.4 is 10.1 Å². The smallest absolute Gasteiger partial charge is 0.271 e. The maximum absolute atomic E-state index is 12.6. The number of aromatic nitrogens is 1. The van der Waals surface area contributed by atoms with Crippen molar-refractivity contribution in [2.75, 3.05) is 19.7 Å². The van der Waals surface area contributed by atoms with Gasteiger partial charge in [0, 0.05) is 29.3 Å². The third-order valence-corrected chi connectivity index (χ3v) is 7.68. The quantitative estimate of drug-likeness (QED) is 0.552. The maximum atomic E-state index is 12.6. The largest absolute Gasteiger partial charge is 0.484 e. The zero-order valence-corrected chi connectivity index (χ0v) is 19.9. The molecule has 1 saturated heterocycles. The number of thiophene rings is 1. The number of hydrogen-bond donors (Lipinski definition) is 1. The van der Waals surface area contributed by atoms with Gasteiger partial charge in [-0.25, -0.2) is 4.98 Å². The Kier molecular flexibility index (Phi) is 7.22. The summed E-state index contributed by atoms with van der Waals surface area (Å²) in [5.41, 5.74) is 2.83. The van der Waals surface area contributed by atoms with Crippen LogP contribution in [0.15, 0.2) is 41.1 Å². The van der Waals surface area contributed by atoms with Gasteiger partial charge in [0.05, 0.1) is 11.6 Å². The van der Waals surface area contributed by atoms with E-state index in [-0.39, 0.29) is 24.3 Å². The second-order valence-electron chi connectivity index (χ2n) is 8.02. The molecule has 2 aromatic heterocycles. The van der Waals surface area contributed by atoms with Crippen molar-refractivity contribution >= 4 is 34.5 Å². The molecule has 3 aromatic rings. The van der Waals surface area contributed by atoms with Gasteiger partial charge in [0.2, 0.25) is 0 Å². The van der Waals surface area contributed by atoms with Crippen molar-refractivity contribution in [1.82, 2.24) is 15.2 Å². The molecule has 8 heteroatoms. The Morgan fingerprint density at radius 1 is 1.16 bits per heavy atom. The number of rotatable bonds is 7. The summed E-state index contributed by atoms with van der Waals surface area (Å²) in [5, 5.41) is 7.72. The van der Waals surface area contributed by atoms with Crippen molar-refractivity contribution in [1.29, 1.82) is 0 Å². The minimum atomic E-state index is -0.142. The van der Waals surface area contributed by atoms with E-state index in [4.69, 9.17) is 4.74 Å². The van der Waals surface area contributed by atoms with E-state index in [1.54, 1.807) is 11.3 Å². The average molecular weight is 470 g/mol. The van der Waals surface area contributed by atoms with Gasteiger partial charge < -0.3 is 15.0 Å². The number of ether oxygens (including phenoxy) is 1. The fraction of sp³-hybridized carbons (Fsp3) is 0.375. The number of benzene rings is 1. The molecule has 1 aliphatic rings. The number of nitrogens with zero attached hydrogens (tertiary/aromatic N) is 2. The number of amides is 2. The summed E-state index contributed by atoms with van der Waals surface area (Å²) >= 11 is 3.15. The van der Waals surface area contributed by atoms with Gasteiger partial charge in [-0.15, -0.1) is 22.7 Å². The molecule has 1 aliphatic heterocycles. The summed E-state index contributed by atoms with van der Waals surface area (Å²) in [5.74, 6) is 0.874. The van der Waals surface area contributed by atoms with Gasteiger partial charge in [0.1, 0.15) is 11.4 Å². The van der Waals surface area contributed by atoms with Gasteiger partial charge in [0.25, 0.3) is 11.8 Å². The summed E-state index contributed by atoms with van der Waals surface area (Å²) in [4.78, 5) is 32.5. The van der Waals surface area contributed by atoms with Crippen LogP contribution in [0.1, 0.15) is 50.3 Å². The molecule has 0 spiro atoms. The van der Waals surface area contributed by atoms with Gasteiger partial charge >= 0.3 is 0 Å². The normalized spacial score (nSPS) is 14.4. The first-order chi connectivity index (χ1) is 15.5. The summed E-state index contributed by atoms with van der Waals surface area (Å²) in [7, 11) is 0. The number of hydrogen-bond acceptors (Lipinski definition) is 6. The van der Waals surface area contributed by atoms with Gasteiger partial charge in [-0.1, -0.05) is 12.1 Å². The first-order valence-corrected chi connectivity index (χ1v) is 12.5. The Bertz CT molecular complexity index is 1070. The topological polar surface area (TPSA) is 71.5 Å². The van der Waals surface area contributed by atoms with E-state index in [9.17, 15) is 9.59 Å². The van der Waals surface area contributed by atoms with Crippen molar-refractivity contribution < 1.29 is 14.3 Å². The minimum absolute atomic E-state index is 0.00876. The van der Waals surface area contributed by atoms with Crippen LogP contribution in [0.2, 0.25) is 0 Å². The Labute approximate surface area is 196 Å². The molecule has 0 unspecified atom stereocenters. The van der Waals surface area contributed by atoms with E-state index in [0.29, 0.717) is 25.3 Å². The minimum Gasteiger partial charge on any atom is -0.484 e. The third-order valence-electron chi connectivity index (χ3n) is 5.80. The molecule has 0 bridgehead atoms. The van der Waals surface area contributed by atoms with Crippen molar-refractivity contribution in [3.8, 4) is 5.75 Å². The van der Waals surface area contributed by atoms with Crippen LogP contribution in [0.3, 0.4) is 0 Å². The number of likely N-dealkylation sites (tertiary alicyclic amines) is 1. The number of aryl methyl sites for hydroxylation is 2. The van der Waals surface area contributed by atoms with Crippen LogP contribution in [-0.4, -0.2) is 41.4 Å². The zero-order valence-electron chi connectivity index (χ0n) is 18.3. The van der Waals surface area contributed by atoms with Crippen LogP contribution in [0.5, 0.6) is 5.75 Å². The van der Waals surface area contributed by atoms with E-state index >= 15 is 0 Å². The fourth-order valence-corrected chi connectivity index (χ4v) is 5.28. The predicted octanol–water partition coefficient (Wildman–Crippen LogP) is 4.54. The predicted molar refractivity (Wildman–Crippen MR) is 128 cm³/mol. The second-order valence-corrected chi connectivity index (χ2v) is 9.94. The summed E-state index contributed by atoms with van der Waals surface area (Å²) in [6.07, 6.45) is 1.69. The molecule has 4 rings (SSSR count). The molecule has 0 radical (unpaired) electrons. The Hall–Kier alpha value is -2.71. The molecule has 1 fully saturated rings. The van der Waals surface area contributed by atoms with E-state index < -0.39 is 0 Å². The molecule has 0 aliphatic carbocycles. The zero-order chi connectivity index (χ0) is 22.5. The molecule has 2 amide bonds. The Morgan fingerprint density at radius 2 is 1.97 bits per heavy atom. The molecule has 0 saturated carbocycles. The second kappa shape index (κ2) is 10.3. The lowest BCUT2D eigenvalue weighted by Crippen LogP contribution is -2.40. The van der Waals surface area contributed by atoms with E-state index in [0.717, 1.165) is 34.0 Å². The number of nitrogens with one attached hydrogen (secondary N) is 1. The Morgan fingerprint density at radius 3 is 2.69 bits per heavy atom. The van der Waals surface area contributed by atoms with Gasteiger partial charge in [-0.3, -0.25) is 9.59 Å². The van der Waals surface area contributed by atoms with Crippen molar-refractivity contribution in [2.24, 2.45) is 0 Å². The SMILES string of the molecule is Cc1ccc(OCC(=O)N2CCC(c3nc(C(=O)NCc4cccs4)cs3)CC2)cc1C. The molecular weight excluding hydrogens is 442 g/mol. The summed E-state index contributed by atoms with van der Waals surface area (Å²) in [6, 6.07) is 9.84. The van der Waals surface area contributed by atoms with E-state index in [2.05, 4.69) is 17.2 Å². The van der Waals surface area contributed by atoms with E-state index in [1.165, 1.54) is 16.9 Å². The average Bonchev–Trinajstić information content (AvgIpc) is 3.51. The highest BCUT2D eigenvalue weighted by atomic mass is 32.1. The highest BCUT2D eigenvalue weighted by Gasteiger charge is 2.26. The summed E-state index contributed by atoms with van der Waals surface area (Å²) in [6.45, 7) is 6.02. The summed E-state index contributed by atoms with van der Waals surface area (Å²) < 4.78 is 5.70. The first-order valence-electron chi connectivity index (χ1n) is 10.7. The van der Waals surface area contributed by atoms with Gasteiger partial charge in [-0.05, 0) is 61.4 Å². The third kappa shape index (κ3) is 5.55. The molecule has 1 N–H and O–H groups in total. The highest BCUT2D eigenvalue weighted by molar-refractivity contribution is 7.10. The molecule has 168 valence electrons. The molecule has 0 atom stereocenters. The number of carbonyl (C=O) groups excluding carboxylic acids is 2. The van der Waals surface area contributed by atoms with Crippen molar-refractivity contribution in [3.05, 3.63) is 67.8 Å². The molecule has 6 nitrogen and oxygen atoms in total. The van der Waals surface area contributed by atoms with Gasteiger partial charge in [0.15, 0.2) is 6.61 Å². The van der Waals surface area contributed by atoms with E-state index in [1.807, 2.05) is 52.9 Å². The van der Waals surface area contributed by atoms with Crippen molar-refractivity contribution in [3.63, 3.8) is 0 Å². The highest BCUT2D eigenvalue weighted by Crippen LogP contribution is 2.30. The lowest BCUT2D eigenvalue weighted by Gasteiger charge is -2.31.